The van der Waals surface area contributed by atoms with Gasteiger partial charge in [-0.2, -0.15) is 0 Å². The molecule has 3 aromatic rings. The zero-order valence-electron chi connectivity index (χ0n) is 18.3. The van der Waals surface area contributed by atoms with Gasteiger partial charge in [0, 0.05) is 5.41 Å². The molecule has 3 rings (SSSR count). The van der Waals surface area contributed by atoms with E-state index in [0.717, 1.165) is 16.7 Å². The molecule has 0 aromatic heterocycles. The Labute approximate surface area is 207 Å². The van der Waals surface area contributed by atoms with Crippen LogP contribution in [0.25, 0.3) is 10.8 Å². The molecule has 0 aliphatic heterocycles. The van der Waals surface area contributed by atoms with Gasteiger partial charge < -0.3 is 30.1 Å². The van der Waals surface area contributed by atoms with Crippen molar-refractivity contribution in [1.82, 2.24) is 0 Å². The standard InChI is InChI=1S/C17H13BO3.C5H12O3.2Li/c19-18(20)17-8-4-7-14-11-15(9-10-16(14)17)21-12-13-5-2-1-3-6-13;1-5(2-6,3-7)4-8;;/h1-11H,12H2;6-8H,2-4H2,1H3;;/q-2;;2*+1. The van der Waals surface area contributed by atoms with Crippen molar-refractivity contribution in [2.45, 2.75) is 13.5 Å². The van der Waals surface area contributed by atoms with Crippen LogP contribution in [0.5, 0.6) is 5.75 Å². The number of aliphatic hydroxyl groups is 3. The molecule has 31 heavy (non-hydrogen) atoms. The van der Waals surface area contributed by atoms with Crippen LogP contribution in [0, 0.1) is 5.41 Å². The molecule has 0 heterocycles. The van der Waals surface area contributed by atoms with Crippen LogP contribution in [0.3, 0.4) is 0 Å². The van der Waals surface area contributed by atoms with Gasteiger partial charge in [-0.15, -0.1) is 5.46 Å². The van der Waals surface area contributed by atoms with E-state index in [9.17, 15) is 10.0 Å². The molecule has 0 radical (unpaired) electrons. The molecule has 0 aliphatic carbocycles. The van der Waals surface area contributed by atoms with Crippen LogP contribution in [0.2, 0.25) is 0 Å². The SMILES string of the molecule is CC(CO)(CO)CO.[Li+].[Li+].[O-]B([O-])c1cccc2cc(OCc3ccccc3)ccc12. The van der Waals surface area contributed by atoms with E-state index in [0.29, 0.717) is 12.0 Å². The first-order valence-electron chi connectivity index (χ1n) is 9.26. The summed E-state index contributed by atoms with van der Waals surface area (Å²) in [5.74, 6) is 0.719. The zero-order valence-corrected chi connectivity index (χ0v) is 18.3. The summed E-state index contributed by atoms with van der Waals surface area (Å²) in [4.78, 5) is 0. The number of rotatable bonds is 7. The number of ether oxygens (including phenoxy) is 1. The number of hydrogen-bond donors (Lipinski definition) is 3. The van der Waals surface area contributed by atoms with Crippen molar-refractivity contribution in [2.24, 2.45) is 5.41 Å². The molecule has 6 nitrogen and oxygen atoms in total. The van der Waals surface area contributed by atoms with Crippen molar-refractivity contribution >= 4 is 23.4 Å². The van der Waals surface area contributed by atoms with Gasteiger partial charge in [-0.3, -0.25) is 0 Å². The van der Waals surface area contributed by atoms with Gasteiger partial charge in [0.2, 0.25) is 0 Å². The van der Waals surface area contributed by atoms with Crippen molar-refractivity contribution in [2.75, 3.05) is 19.8 Å². The summed E-state index contributed by atoms with van der Waals surface area (Å²) in [6.45, 7) is 1.55. The van der Waals surface area contributed by atoms with Crippen molar-refractivity contribution < 1.29 is 67.8 Å². The second-order valence-corrected chi connectivity index (χ2v) is 7.12. The summed E-state index contributed by atoms with van der Waals surface area (Å²) in [5.41, 5.74) is 0.660. The molecule has 0 amide bonds. The molecular weight excluding hydrogens is 385 g/mol. The Balaban J connectivity index is 0.000000781. The summed E-state index contributed by atoms with van der Waals surface area (Å²) in [6.07, 6.45) is 0. The van der Waals surface area contributed by atoms with Crippen molar-refractivity contribution in [3.8, 4) is 5.75 Å². The minimum Gasteiger partial charge on any atom is -0.889 e. The Morgan fingerprint density at radius 1 is 0.839 bits per heavy atom. The maximum absolute atomic E-state index is 11.2. The fourth-order valence-corrected chi connectivity index (χ4v) is 2.47. The van der Waals surface area contributed by atoms with Gasteiger partial charge in [-0.05, 0) is 28.5 Å². The maximum atomic E-state index is 11.2. The summed E-state index contributed by atoms with van der Waals surface area (Å²) >= 11 is 0. The molecule has 0 fully saturated rings. The van der Waals surface area contributed by atoms with E-state index in [1.165, 1.54) is 0 Å². The maximum Gasteiger partial charge on any atom is 1.00 e. The third-order valence-corrected chi connectivity index (χ3v) is 4.53. The van der Waals surface area contributed by atoms with E-state index >= 15 is 0 Å². The van der Waals surface area contributed by atoms with E-state index in [-0.39, 0.29) is 63.0 Å². The van der Waals surface area contributed by atoms with Gasteiger partial charge in [0.15, 0.2) is 0 Å². The van der Waals surface area contributed by atoms with Gasteiger partial charge in [0.25, 0.3) is 0 Å². The predicted octanol–water partition coefficient (Wildman–Crippen LogP) is -6.19. The quantitative estimate of drug-likeness (QED) is 0.334. The second kappa shape index (κ2) is 14.8. The monoisotopic (exact) mass is 410 g/mol. The fourth-order valence-electron chi connectivity index (χ4n) is 2.47. The van der Waals surface area contributed by atoms with Crippen molar-refractivity contribution in [3.05, 3.63) is 72.3 Å². The first-order valence-corrected chi connectivity index (χ1v) is 9.26. The van der Waals surface area contributed by atoms with Crippen LogP contribution in [0.15, 0.2) is 66.7 Å². The molecule has 0 bridgehead atoms. The van der Waals surface area contributed by atoms with E-state index in [1.54, 1.807) is 31.2 Å². The average Bonchev–Trinajstić information content (AvgIpc) is 2.77. The summed E-state index contributed by atoms with van der Waals surface area (Å²) < 4.78 is 5.74. The van der Waals surface area contributed by atoms with Crippen LogP contribution in [-0.2, 0) is 6.61 Å². The molecule has 0 atom stereocenters. The van der Waals surface area contributed by atoms with E-state index in [1.807, 2.05) is 42.5 Å². The van der Waals surface area contributed by atoms with Crippen molar-refractivity contribution in [1.29, 1.82) is 0 Å². The molecule has 0 spiro atoms. The molecule has 0 saturated heterocycles. The first kappa shape index (κ1) is 29.8. The van der Waals surface area contributed by atoms with Crippen LogP contribution in [0.1, 0.15) is 12.5 Å². The Hall–Kier alpha value is -1.22. The fraction of sp³-hybridized carbons (Fsp3) is 0.273. The minimum atomic E-state index is -1.97. The zero-order chi connectivity index (χ0) is 21.3. The molecule has 0 saturated carbocycles. The second-order valence-electron chi connectivity index (χ2n) is 7.12. The third kappa shape index (κ3) is 9.04. The third-order valence-electron chi connectivity index (χ3n) is 4.53. The summed E-state index contributed by atoms with van der Waals surface area (Å²) in [6, 6.07) is 20.5. The molecular formula is C22H25BLi2O6. The normalized spacial score (nSPS) is 10.3. The van der Waals surface area contributed by atoms with Gasteiger partial charge >= 0.3 is 37.7 Å². The summed E-state index contributed by atoms with van der Waals surface area (Å²) in [7, 11) is -1.97. The van der Waals surface area contributed by atoms with Gasteiger partial charge in [-0.25, -0.2) is 0 Å². The van der Waals surface area contributed by atoms with Crippen LogP contribution >= 0.6 is 0 Å². The number of fused-ring (bicyclic) bond motifs is 1. The van der Waals surface area contributed by atoms with Crippen LogP contribution in [-0.4, -0.2) is 42.3 Å². The minimum absolute atomic E-state index is 0. The van der Waals surface area contributed by atoms with Crippen LogP contribution in [0.4, 0.5) is 0 Å². The molecule has 3 N–H and O–H groups in total. The predicted molar refractivity (Wildman–Crippen MR) is 109 cm³/mol. The van der Waals surface area contributed by atoms with E-state index < -0.39 is 12.5 Å². The first-order chi connectivity index (χ1) is 13.9. The van der Waals surface area contributed by atoms with Gasteiger partial charge in [-0.1, -0.05) is 68.6 Å². The Bertz CT molecular complexity index is 883. The average molecular weight is 410 g/mol. The largest absolute Gasteiger partial charge is 1.00 e. The number of aliphatic hydroxyl groups excluding tert-OH is 3. The Kier molecular flexibility index (Phi) is 14.2. The smallest absolute Gasteiger partial charge is 0.889 e. The number of hydrogen-bond acceptors (Lipinski definition) is 6. The van der Waals surface area contributed by atoms with Gasteiger partial charge in [0.05, 0.1) is 19.8 Å². The molecule has 154 valence electrons. The van der Waals surface area contributed by atoms with E-state index in [4.69, 9.17) is 20.1 Å². The Morgan fingerprint density at radius 3 is 1.97 bits per heavy atom. The molecule has 9 heteroatoms. The number of benzene rings is 3. The molecule has 0 aliphatic rings. The topological polar surface area (TPSA) is 116 Å². The van der Waals surface area contributed by atoms with E-state index in [2.05, 4.69) is 0 Å². The molecule has 0 unspecified atom stereocenters. The molecule has 3 aromatic carbocycles. The Morgan fingerprint density at radius 2 is 1.45 bits per heavy atom. The van der Waals surface area contributed by atoms with Crippen LogP contribution < -0.4 is 58.0 Å². The summed E-state index contributed by atoms with van der Waals surface area (Å²) in [5, 5.41) is 49.2. The van der Waals surface area contributed by atoms with Gasteiger partial charge in [0.1, 0.15) is 12.4 Å². The van der Waals surface area contributed by atoms with Crippen molar-refractivity contribution in [3.63, 3.8) is 0 Å².